The van der Waals surface area contributed by atoms with Gasteiger partial charge in [-0.1, -0.05) is 5.10 Å². The number of ether oxygens (including phenoxy) is 1. The van der Waals surface area contributed by atoms with Gasteiger partial charge in [0.1, 0.15) is 0 Å². The highest BCUT2D eigenvalue weighted by Crippen LogP contribution is 2.31. The van der Waals surface area contributed by atoms with E-state index in [1.165, 1.54) is 0 Å². The Kier molecular flexibility index (Phi) is 5.37. The van der Waals surface area contributed by atoms with Crippen molar-refractivity contribution >= 4 is 11.9 Å². The fourth-order valence-electron chi connectivity index (χ4n) is 2.21. The Morgan fingerprint density at radius 1 is 0.967 bits per heavy atom. The summed E-state index contributed by atoms with van der Waals surface area (Å²) in [5, 5.41) is 9.13. The van der Waals surface area contributed by atoms with Crippen molar-refractivity contribution in [1.29, 1.82) is 0 Å². The first-order valence-corrected chi connectivity index (χ1v) is 7.80. The number of rotatable bonds is 4. The minimum absolute atomic E-state index is 0.135. The summed E-state index contributed by atoms with van der Waals surface area (Å²) < 4.78 is 96.4. The van der Waals surface area contributed by atoms with E-state index in [-0.39, 0.29) is 17.0 Å². The van der Waals surface area contributed by atoms with E-state index in [1.807, 2.05) is 0 Å². The molecule has 0 saturated heterocycles. The van der Waals surface area contributed by atoms with Crippen LogP contribution in [0.25, 0.3) is 11.5 Å². The normalized spacial score (nSPS) is 12.0. The lowest BCUT2D eigenvalue weighted by Gasteiger charge is -2.10. The topological polar surface area (TPSA) is 77.3 Å². The van der Waals surface area contributed by atoms with Gasteiger partial charge in [-0.2, -0.15) is 13.2 Å². The zero-order chi connectivity index (χ0) is 22.1. The summed E-state index contributed by atoms with van der Waals surface area (Å²) in [7, 11) is 0. The molecule has 0 aliphatic carbocycles. The Morgan fingerprint density at radius 2 is 1.63 bits per heavy atom. The molecule has 0 unspecified atom stereocenters. The highest BCUT2D eigenvalue weighted by Gasteiger charge is 2.32. The molecule has 0 radical (unpaired) electrons. The summed E-state index contributed by atoms with van der Waals surface area (Å²) in [5.41, 5.74) is -1.13. The highest BCUT2D eigenvalue weighted by molar-refractivity contribution is 6.03. The van der Waals surface area contributed by atoms with Crippen molar-refractivity contribution in [3.63, 3.8) is 0 Å². The number of benzene rings is 2. The Bertz CT molecular complexity index is 1060. The maximum absolute atomic E-state index is 13.7. The molecule has 3 rings (SSSR count). The SMILES string of the molecule is O=C(Nc1nnc(-c2ccc(C(F)(F)F)cc2)o1)c1ccc(OC(F)(F)F)c(F)c1. The van der Waals surface area contributed by atoms with Crippen LogP contribution in [0.2, 0.25) is 0 Å². The summed E-state index contributed by atoms with van der Waals surface area (Å²) >= 11 is 0. The van der Waals surface area contributed by atoms with E-state index in [4.69, 9.17) is 4.42 Å². The van der Waals surface area contributed by atoms with Gasteiger partial charge in [-0.3, -0.25) is 10.1 Å². The van der Waals surface area contributed by atoms with E-state index in [0.717, 1.165) is 30.3 Å². The van der Waals surface area contributed by atoms with Crippen molar-refractivity contribution < 1.29 is 44.7 Å². The maximum Gasteiger partial charge on any atom is 0.573 e. The lowest BCUT2D eigenvalue weighted by Crippen LogP contribution is -2.18. The van der Waals surface area contributed by atoms with Crippen molar-refractivity contribution in [2.24, 2.45) is 0 Å². The van der Waals surface area contributed by atoms with Crippen molar-refractivity contribution in [2.45, 2.75) is 12.5 Å². The molecule has 0 spiro atoms. The summed E-state index contributed by atoms with van der Waals surface area (Å²) in [4.78, 5) is 12.1. The molecule has 0 bridgehead atoms. The number of nitrogens with zero attached hydrogens (tertiary/aromatic N) is 2. The summed E-state index contributed by atoms with van der Waals surface area (Å²) in [5.74, 6) is -3.76. The van der Waals surface area contributed by atoms with E-state index in [2.05, 4.69) is 20.3 Å². The number of nitrogens with one attached hydrogen (secondary N) is 1. The van der Waals surface area contributed by atoms with Crippen LogP contribution >= 0.6 is 0 Å². The number of alkyl halides is 6. The Balaban J connectivity index is 1.71. The van der Waals surface area contributed by atoms with Crippen LogP contribution in [-0.2, 0) is 6.18 Å². The Hall–Kier alpha value is -3.64. The molecule has 1 N–H and O–H groups in total. The van der Waals surface area contributed by atoms with Gasteiger partial charge in [0, 0.05) is 11.1 Å². The standard InChI is InChI=1S/C17H8F7N3O3/c18-11-7-9(3-6-12(11)30-17(22,23)24)13(28)25-15-27-26-14(29-15)8-1-4-10(5-2-8)16(19,20)21/h1-7H,(H,25,27,28). The fourth-order valence-corrected chi connectivity index (χ4v) is 2.21. The van der Waals surface area contributed by atoms with Gasteiger partial charge in [0.05, 0.1) is 5.56 Å². The predicted octanol–water partition coefficient (Wildman–Crippen LogP) is 5.05. The second-order valence-electron chi connectivity index (χ2n) is 5.63. The number of anilines is 1. The molecule has 0 atom stereocenters. The van der Waals surface area contributed by atoms with Crippen LogP contribution in [-0.4, -0.2) is 22.5 Å². The zero-order valence-corrected chi connectivity index (χ0v) is 14.3. The third-order valence-electron chi connectivity index (χ3n) is 3.52. The molecule has 30 heavy (non-hydrogen) atoms. The van der Waals surface area contributed by atoms with E-state index < -0.39 is 41.6 Å². The average Bonchev–Trinajstić information content (AvgIpc) is 3.10. The molecule has 0 aliphatic rings. The Morgan fingerprint density at radius 3 is 2.20 bits per heavy atom. The maximum atomic E-state index is 13.7. The van der Waals surface area contributed by atoms with Crippen LogP contribution in [0.1, 0.15) is 15.9 Å². The van der Waals surface area contributed by atoms with E-state index in [1.54, 1.807) is 0 Å². The smallest absolute Gasteiger partial charge is 0.403 e. The fraction of sp³-hybridized carbons (Fsp3) is 0.118. The van der Waals surface area contributed by atoms with E-state index in [0.29, 0.717) is 12.1 Å². The number of carbonyl (C=O) groups excluding carboxylic acids is 1. The van der Waals surface area contributed by atoms with Crippen LogP contribution in [0.3, 0.4) is 0 Å². The second kappa shape index (κ2) is 7.65. The molecule has 1 amide bonds. The monoisotopic (exact) mass is 435 g/mol. The van der Waals surface area contributed by atoms with Crippen LogP contribution in [0, 0.1) is 5.82 Å². The van der Waals surface area contributed by atoms with Gasteiger partial charge in [-0.25, -0.2) is 4.39 Å². The van der Waals surface area contributed by atoms with Crippen LogP contribution in [0.15, 0.2) is 46.9 Å². The third-order valence-corrected chi connectivity index (χ3v) is 3.52. The minimum atomic E-state index is -5.11. The molecular weight excluding hydrogens is 427 g/mol. The van der Waals surface area contributed by atoms with Crippen LogP contribution in [0.5, 0.6) is 5.75 Å². The minimum Gasteiger partial charge on any atom is -0.403 e. The average molecular weight is 435 g/mol. The molecule has 13 heteroatoms. The van der Waals surface area contributed by atoms with E-state index >= 15 is 0 Å². The first-order valence-electron chi connectivity index (χ1n) is 7.80. The molecule has 0 fully saturated rings. The van der Waals surface area contributed by atoms with Crippen molar-refractivity contribution in [3.8, 4) is 17.2 Å². The summed E-state index contributed by atoms with van der Waals surface area (Å²) in [6.07, 6.45) is -9.63. The molecule has 0 saturated carbocycles. The molecule has 2 aromatic carbocycles. The lowest BCUT2D eigenvalue weighted by atomic mass is 10.1. The van der Waals surface area contributed by atoms with E-state index in [9.17, 15) is 35.5 Å². The van der Waals surface area contributed by atoms with Gasteiger partial charge in [-0.15, -0.1) is 18.3 Å². The predicted molar refractivity (Wildman–Crippen MR) is 85.8 cm³/mol. The summed E-state index contributed by atoms with van der Waals surface area (Å²) in [6.45, 7) is 0. The van der Waals surface area contributed by atoms with Crippen molar-refractivity contribution in [3.05, 3.63) is 59.4 Å². The molecule has 3 aromatic rings. The first-order chi connectivity index (χ1) is 13.9. The summed E-state index contributed by atoms with van der Waals surface area (Å²) in [6, 6.07) is 5.27. The largest absolute Gasteiger partial charge is 0.573 e. The zero-order valence-electron chi connectivity index (χ0n) is 14.3. The quantitative estimate of drug-likeness (QED) is 0.581. The number of amides is 1. The molecule has 1 heterocycles. The number of halogens is 7. The van der Waals surface area contributed by atoms with Gasteiger partial charge in [0.15, 0.2) is 11.6 Å². The van der Waals surface area contributed by atoms with Gasteiger partial charge < -0.3 is 9.15 Å². The molecule has 6 nitrogen and oxygen atoms in total. The second-order valence-corrected chi connectivity index (χ2v) is 5.63. The number of aromatic nitrogens is 2. The Labute approximate surface area is 162 Å². The highest BCUT2D eigenvalue weighted by atomic mass is 19.4. The number of carbonyl (C=O) groups is 1. The molecule has 158 valence electrons. The first kappa shape index (κ1) is 21.1. The van der Waals surface area contributed by atoms with Crippen molar-refractivity contribution in [2.75, 3.05) is 5.32 Å². The van der Waals surface area contributed by atoms with Crippen molar-refractivity contribution in [1.82, 2.24) is 10.2 Å². The van der Waals surface area contributed by atoms with Gasteiger partial charge in [-0.05, 0) is 42.5 Å². The molecule has 0 aliphatic heterocycles. The lowest BCUT2D eigenvalue weighted by molar-refractivity contribution is -0.275. The van der Waals surface area contributed by atoms with Gasteiger partial charge in [0.25, 0.3) is 5.91 Å². The molecule has 1 aromatic heterocycles. The van der Waals surface area contributed by atoms with Crippen LogP contribution < -0.4 is 10.1 Å². The van der Waals surface area contributed by atoms with Crippen LogP contribution in [0.4, 0.5) is 36.7 Å². The molecular formula is C17H8F7N3O3. The number of hydrogen-bond acceptors (Lipinski definition) is 5. The number of hydrogen-bond donors (Lipinski definition) is 1. The third kappa shape index (κ3) is 5.04. The van der Waals surface area contributed by atoms with Gasteiger partial charge in [0.2, 0.25) is 5.89 Å². The van der Waals surface area contributed by atoms with Gasteiger partial charge >= 0.3 is 18.6 Å².